The molecule has 0 bridgehead atoms. The molecular formula is C5H7N5O. The quantitative estimate of drug-likeness (QED) is 0.211. The fraction of sp³-hybridized carbons (Fsp3) is 0. The van der Waals surface area contributed by atoms with Crippen molar-refractivity contribution in [1.29, 1.82) is 0 Å². The fourth-order valence-electron chi connectivity index (χ4n) is 0.522. The molecule has 0 aromatic carbocycles. The summed E-state index contributed by atoms with van der Waals surface area (Å²) in [6, 6.07) is 0. The first kappa shape index (κ1) is 7.26. The molecule has 0 fully saturated rings. The number of nitrogen functional groups attached to an aromatic ring is 1. The maximum Gasteiger partial charge on any atom is 0.190 e. The first-order chi connectivity index (χ1) is 5.24. The van der Waals surface area contributed by atoms with E-state index in [1.807, 2.05) is 0 Å². The van der Waals surface area contributed by atoms with Crippen LogP contribution >= 0.6 is 0 Å². The molecule has 6 heteroatoms. The first-order valence-corrected chi connectivity index (χ1v) is 2.79. The van der Waals surface area contributed by atoms with E-state index in [-0.39, 0.29) is 5.84 Å². The monoisotopic (exact) mass is 153 g/mol. The minimum absolute atomic E-state index is 0.0856. The van der Waals surface area contributed by atoms with Gasteiger partial charge in [0.05, 0.1) is 12.4 Å². The molecule has 1 aromatic rings. The van der Waals surface area contributed by atoms with E-state index in [0.29, 0.717) is 11.5 Å². The average Bonchev–Trinajstić information content (AvgIpc) is 2.05. The van der Waals surface area contributed by atoms with E-state index in [4.69, 9.17) is 16.7 Å². The maximum absolute atomic E-state index is 8.22. The number of aromatic nitrogens is 2. The number of nitrogens with zero attached hydrogens (tertiary/aromatic N) is 3. The molecule has 0 aliphatic carbocycles. The Morgan fingerprint density at radius 3 is 2.64 bits per heavy atom. The van der Waals surface area contributed by atoms with Gasteiger partial charge in [-0.15, -0.1) is 0 Å². The van der Waals surface area contributed by atoms with E-state index in [0.717, 1.165) is 0 Å². The Morgan fingerprint density at radius 2 is 2.18 bits per heavy atom. The number of hydrogen-bond acceptors (Lipinski definition) is 5. The third kappa shape index (κ3) is 1.54. The Kier molecular flexibility index (Phi) is 1.86. The van der Waals surface area contributed by atoms with Crippen LogP contribution in [0.4, 0.5) is 5.82 Å². The Hall–Kier alpha value is -1.85. The van der Waals surface area contributed by atoms with Crippen molar-refractivity contribution in [2.75, 3.05) is 5.73 Å². The van der Waals surface area contributed by atoms with Gasteiger partial charge in [0.15, 0.2) is 5.84 Å². The second-order valence-electron chi connectivity index (χ2n) is 1.81. The van der Waals surface area contributed by atoms with Crippen molar-refractivity contribution in [3.63, 3.8) is 0 Å². The number of anilines is 1. The molecule has 0 unspecified atom stereocenters. The number of hydrogen-bond donors (Lipinski definition) is 3. The van der Waals surface area contributed by atoms with Crippen LogP contribution < -0.4 is 11.5 Å². The minimum Gasteiger partial charge on any atom is -0.409 e. The molecule has 0 radical (unpaired) electrons. The third-order valence-electron chi connectivity index (χ3n) is 1.04. The largest absolute Gasteiger partial charge is 0.409 e. The van der Waals surface area contributed by atoms with Crippen molar-refractivity contribution in [2.45, 2.75) is 0 Å². The Balaban J connectivity index is 2.99. The van der Waals surface area contributed by atoms with Crippen LogP contribution in [0.5, 0.6) is 0 Å². The van der Waals surface area contributed by atoms with Crippen LogP contribution in [0.25, 0.3) is 0 Å². The Morgan fingerprint density at radius 1 is 1.45 bits per heavy atom. The Labute approximate surface area is 62.6 Å². The Bertz CT molecular complexity index is 267. The molecule has 1 heterocycles. The first-order valence-electron chi connectivity index (χ1n) is 2.79. The molecular weight excluding hydrogens is 146 g/mol. The highest BCUT2D eigenvalue weighted by Crippen LogP contribution is 1.94. The van der Waals surface area contributed by atoms with Gasteiger partial charge in [-0.3, -0.25) is 0 Å². The molecule has 0 aliphatic rings. The molecule has 0 amide bonds. The summed E-state index contributed by atoms with van der Waals surface area (Å²) in [6.07, 6.45) is 2.65. The van der Waals surface area contributed by atoms with Gasteiger partial charge in [0.25, 0.3) is 0 Å². The SMILES string of the molecule is N/C(=N/O)c1cnc(N)cn1. The summed E-state index contributed by atoms with van der Waals surface area (Å²) in [5, 5.41) is 11.0. The van der Waals surface area contributed by atoms with Crippen molar-refractivity contribution < 1.29 is 5.21 Å². The number of rotatable bonds is 1. The summed E-state index contributed by atoms with van der Waals surface area (Å²) >= 11 is 0. The van der Waals surface area contributed by atoms with Crippen molar-refractivity contribution in [3.8, 4) is 0 Å². The summed E-state index contributed by atoms with van der Waals surface area (Å²) < 4.78 is 0. The average molecular weight is 153 g/mol. The molecule has 0 saturated carbocycles. The molecule has 6 nitrogen and oxygen atoms in total. The minimum atomic E-state index is -0.0856. The predicted octanol–water partition coefficient (Wildman–Crippen LogP) is -0.847. The van der Waals surface area contributed by atoms with Crippen molar-refractivity contribution in [1.82, 2.24) is 9.97 Å². The van der Waals surface area contributed by atoms with Gasteiger partial charge in [-0.25, -0.2) is 9.97 Å². The second kappa shape index (κ2) is 2.82. The third-order valence-corrected chi connectivity index (χ3v) is 1.04. The zero-order chi connectivity index (χ0) is 8.27. The molecule has 0 aliphatic heterocycles. The van der Waals surface area contributed by atoms with Gasteiger partial charge in [0.1, 0.15) is 11.5 Å². The van der Waals surface area contributed by atoms with Gasteiger partial charge in [-0.05, 0) is 0 Å². The highest BCUT2D eigenvalue weighted by molar-refractivity contribution is 5.94. The lowest BCUT2D eigenvalue weighted by atomic mass is 10.4. The molecule has 1 rings (SSSR count). The normalized spacial score (nSPS) is 11.5. The van der Waals surface area contributed by atoms with E-state index in [1.165, 1.54) is 12.4 Å². The van der Waals surface area contributed by atoms with Crippen LogP contribution in [0.1, 0.15) is 5.69 Å². The summed E-state index contributed by atoms with van der Waals surface area (Å²) in [5.41, 5.74) is 10.7. The van der Waals surface area contributed by atoms with Gasteiger partial charge in [-0.1, -0.05) is 5.16 Å². The van der Waals surface area contributed by atoms with E-state index in [1.54, 1.807) is 0 Å². The predicted molar refractivity (Wildman–Crippen MR) is 39.0 cm³/mol. The summed E-state index contributed by atoms with van der Waals surface area (Å²) in [7, 11) is 0. The maximum atomic E-state index is 8.22. The molecule has 0 atom stereocenters. The van der Waals surface area contributed by atoms with Crippen molar-refractivity contribution >= 4 is 11.7 Å². The summed E-state index contributed by atoms with van der Waals surface area (Å²) in [6.45, 7) is 0. The highest BCUT2D eigenvalue weighted by atomic mass is 16.4. The summed E-state index contributed by atoms with van der Waals surface area (Å²) in [5.74, 6) is 0.206. The zero-order valence-electron chi connectivity index (χ0n) is 5.60. The lowest BCUT2D eigenvalue weighted by Crippen LogP contribution is -2.15. The topological polar surface area (TPSA) is 110 Å². The lowest BCUT2D eigenvalue weighted by Gasteiger charge is -1.95. The van der Waals surface area contributed by atoms with Crippen LogP contribution in [0, 0.1) is 0 Å². The summed E-state index contributed by atoms with van der Waals surface area (Å²) in [4.78, 5) is 7.44. The van der Waals surface area contributed by atoms with Crippen LogP contribution in [-0.4, -0.2) is 21.0 Å². The molecule has 0 spiro atoms. The van der Waals surface area contributed by atoms with E-state index in [2.05, 4.69) is 15.1 Å². The standard InChI is InChI=1S/C5H7N5O/c6-4-2-8-3(1-9-4)5(7)10-11/h1-2,11H,(H2,6,9)(H2,7,10). The van der Waals surface area contributed by atoms with Crippen LogP contribution in [0.3, 0.4) is 0 Å². The fourth-order valence-corrected chi connectivity index (χ4v) is 0.522. The second-order valence-corrected chi connectivity index (χ2v) is 1.81. The lowest BCUT2D eigenvalue weighted by molar-refractivity contribution is 0.318. The van der Waals surface area contributed by atoms with E-state index in [9.17, 15) is 0 Å². The van der Waals surface area contributed by atoms with E-state index < -0.39 is 0 Å². The van der Waals surface area contributed by atoms with Crippen molar-refractivity contribution in [3.05, 3.63) is 18.1 Å². The molecule has 11 heavy (non-hydrogen) atoms. The number of oxime groups is 1. The van der Waals surface area contributed by atoms with Crippen LogP contribution in [-0.2, 0) is 0 Å². The van der Waals surface area contributed by atoms with Gasteiger partial charge >= 0.3 is 0 Å². The molecule has 58 valence electrons. The zero-order valence-corrected chi connectivity index (χ0v) is 5.60. The van der Waals surface area contributed by atoms with Gasteiger partial charge < -0.3 is 16.7 Å². The molecule has 1 aromatic heterocycles. The molecule has 0 saturated heterocycles. The highest BCUT2D eigenvalue weighted by Gasteiger charge is 1.99. The smallest absolute Gasteiger partial charge is 0.190 e. The number of nitrogens with two attached hydrogens (primary N) is 2. The number of amidine groups is 1. The molecule has 5 N–H and O–H groups in total. The van der Waals surface area contributed by atoms with Gasteiger partial charge in [0.2, 0.25) is 0 Å². The van der Waals surface area contributed by atoms with Gasteiger partial charge in [0, 0.05) is 0 Å². The van der Waals surface area contributed by atoms with Crippen molar-refractivity contribution in [2.24, 2.45) is 10.9 Å². The van der Waals surface area contributed by atoms with Crippen LogP contribution in [0.15, 0.2) is 17.5 Å². The van der Waals surface area contributed by atoms with Gasteiger partial charge in [-0.2, -0.15) is 0 Å². The van der Waals surface area contributed by atoms with E-state index >= 15 is 0 Å². The van der Waals surface area contributed by atoms with Crippen LogP contribution in [0.2, 0.25) is 0 Å².